The monoisotopic (exact) mass is 325 g/mol. The summed E-state index contributed by atoms with van der Waals surface area (Å²) in [5.41, 5.74) is 2.23. The summed E-state index contributed by atoms with van der Waals surface area (Å²) in [6.07, 6.45) is 6.55. The van der Waals surface area contributed by atoms with E-state index < -0.39 is 18.2 Å². The van der Waals surface area contributed by atoms with Gasteiger partial charge in [-0.25, -0.2) is 19.9 Å². The Morgan fingerprint density at radius 2 is 1.74 bits per heavy atom. The van der Waals surface area contributed by atoms with Crippen LogP contribution < -0.4 is 5.48 Å². The Morgan fingerprint density at radius 1 is 1.09 bits per heavy atom. The Morgan fingerprint density at radius 3 is 2.35 bits per heavy atom. The van der Waals surface area contributed by atoms with E-state index in [-0.39, 0.29) is 12.5 Å². The number of hydrogen-bond acceptors (Lipinski definition) is 6. The summed E-state index contributed by atoms with van der Waals surface area (Å²) in [6.45, 7) is 6.14. The molecule has 7 nitrogen and oxygen atoms in total. The molecular weight excluding hydrogens is 302 g/mol. The van der Waals surface area contributed by atoms with Crippen molar-refractivity contribution in [1.29, 1.82) is 0 Å². The van der Waals surface area contributed by atoms with Crippen LogP contribution in [-0.4, -0.2) is 30.7 Å². The van der Waals surface area contributed by atoms with Crippen molar-refractivity contribution in [3.63, 3.8) is 0 Å². The highest BCUT2D eigenvalue weighted by molar-refractivity contribution is 5.82. The van der Waals surface area contributed by atoms with Crippen molar-refractivity contribution in [1.82, 2.24) is 5.48 Å². The Kier molecular flexibility index (Phi) is 8.67. The predicted molar refractivity (Wildman–Crippen MR) is 81.7 cm³/mol. The van der Waals surface area contributed by atoms with Crippen LogP contribution in [0.15, 0.2) is 25.3 Å². The van der Waals surface area contributed by atoms with Gasteiger partial charge in [-0.05, 0) is 18.8 Å². The van der Waals surface area contributed by atoms with Gasteiger partial charge in [-0.15, -0.1) is 0 Å². The molecule has 1 fully saturated rings. The summed E-state index contributed by atoms with van der Waals surface area (Å²) >= 11 is 0. The van der Waals surface area contributed by atoms with Gasteiger partial charge in [0.05, 0.1) is 0 Å². The van der Waals surface area contributed by atoms with Crippen LogP contribution in [0.1, 0.15) is 38.5 Å². The normalized spacial score (nSPS) is 16.0. The number of nitrogens with one attached hydrogen (secondary N) is 1. The Labute approximate surface area is 135 Å². The van der Waals surface area contributed by atoms with E-state index in [2.05, 4.69) is 18.6 Å². The summed E-state index contributed by atoms with van der Waals surface area (Å²) in [5, 5.41) is 0. The van der Waals surface area contributed by atoms with Gasteiger partial charge in [0.2, 0.25) is 5.91 Å². The van der Waals surface area contributed by atoms with Gasteiger partial charge in [0.15, 0.2) is 6.61 Å². The lowest BCUT2D eigenvalue weighted by Gasteiger charge is -2.21. The third kappa shape index (κ3) is 8.15. The molecule has 1 amide bonds. The van der Waals surface area contributed by atoms with Crippen LogP contribution in [-0.2, 0) is 28.7 Å². The average molecular weight is 325 g/mol. The summed E-state index contributed by atoms with van der Waals surface area (Å²) in [7, 11) is 0. The molecule has 1 aliphatic rings. The fourth-order valence-corrected chi connectivity index (χ4v) is 2.31. The lowest BCUT2D eigenvalue weighted by Crippen LogP contribution is -2.36. The van der Waals surface area contributed by atoms with E-state index in [1.807, 2.05) is 0 Å². The van der Waals surface area contributed by atoms with E-state index in [0.717, 1.165) is 37.8 Å². The summed E-state index contributed by atoms with van der Waals surface area (Å²) < 4.78 is 9.57. The molecule has 0 spiro atoms. The third-order valence-electron chi connectivity index (χ3n) is 3.45. The molecule has 1 unspecified atom stereocenters. The van der Waals surface area contributed by atoms with Crippen molar-refractivity contribution in [2.45, 2.75) is 44.8 Å². The molecular formula is C16H23NO6. The number of hydrogen-bond donors (Lipinski definition) is 1. The van der Waals surface area contributed by atoms with Crippen LogP contribution in [0.3, 0.4) is 0 Å². The van der Waals surface area contributed by atoms with Crippen LogP contribution in [0.2, 0.25) is 0 Å². The van der Waals surface area contributed by atoms with Gasteiger partial charge < -0.3 is 9.47 Å². The minimum atomic E-state index is -1.25. The van der Waals surface area contributed by atoms with Crippen LogP contribution >= 0.6 is 0 Å². The zero-order valence-corrected chi connectivity index (χ0v) is 13.1. The van der Waals surface area contributed by atoms with Crippen LogP contribution in [0, 0.1) is 5.92 Å². The minimum absolute atomic E-state index is 0.299. The van der Waals surface area contributed by atoms with E-state index in [0.29, 0.717) is 12.3 Å². The highest BCUT2D eigenvalue weighted by atomic mass is 16.8. The zero-order valence-electron chi connectivity index (χ0n) is 13.1. The maximum Gasteiger partial charge on any atom is 0.332 e. The fraction of sp³-hybridized carbons (Fsp3) is 0.562. The predicted octanol–water partition coefficient (Wildman–Crippen LogP) is 1.79. The fourth-order valence-electron chi connectivity index (χ4n) is 2.31. The van der Waals surface area contributed by atoms with Crippen molar-refractivity contribution in [3.05, 3.63) is 25.3 Å². The summed E-state index contributed by atoms with van der Waals surface area (Å²) in [6, 6.07) is 0. The molecule has 1 aliphatic carbocycles. The highest BCUT2D eigenvalue weighted by Gasteiger charge is 2.20. The van der Waals surface area contributed by atoms with Crippen molar-refractivity contribution in [2.24, 2.45) is 5.92 Å². The second kappa shape index (κ2) is 10.6. The standard InChI is InChI=1S/C16H23NO6/c1-3-14(19)21-11-16(22-15(20)4-2)23-17-13(18)10-12-8-6-5-7-9-12/h3-4,12,16H,1-2,5-11H2,(H,17,18). The van der Waals surface area contributed by atoms with Crippen LogP contribution in [0.5, 0.6) is 0 Å². The lowest BCUT2D eigenvalue weighted by atomic mass is 9.87. The van der Waals surface area contributed by atoms with Crippen LogP contribution in [0.4, 0.5) is 0 Å². The molecule has 23 heavy (non-hydrogen) atoms. The second-order valence-corrected chi connectivity index (χ2v) is 5.26. The van der Waals surface area contributed by atoms with E-state index in [1.165, 1.54) is 6.42 Å². The largest absolute Gasteiger partial charge is 0.456 e. The number of ether oxygens (including phenoxy) is 2. The van der Waals surface area contributed by atoms with Gasteiger partial charge in [0, 0.05) is 18.6 Å². The average Bonchev–Trinajstić information content (AvgIpc) is 2.57. The number of amides is 1. The van der Waals surface area contributed by atoms with Gasteiger partial charge in [0.25, 0.3) is 6.29 Å². The van der Waals surface area contributed by atoms with Gasteiger partial charge >= 0.3 is 11.9 Å². The molecule has 0 aromatic carbocycles. The molecule has 0 aromatic heterocycles. The molecule has 1 N–H and O–H groups in total. The molecule has 0 aliphatic heterocycles. The number of carbonyl (C=O) groups excluding carboxylic acids is 3. The van der Waals surface area contributed by atoms with E-state index in [9.17, 15) is 14.4 Å². The van der Waals surface area contributed by atoms with Crippen molar-refractivity contribution in [3.8, 4) is 0 Å². The first-order valence-electron chi connectivity index (χ1n) is 7.62. The van der Waals surface area contributed by atoms with E-state index in [4.69, 9.17) is 14.3 Å². The zero-order chi connectivity index (χ0) is 17.1. The first-order valence-corrected chi connectivity index (χ1v) is 7.62. The number of esters is 2. The Hall–Kier alpha value is -2.15. The third-order valence-corrected chi connectivity index (χ3v) is 3.45. The highest BCUT2D eigenvalue weighted by Crippen LogP contribution is 2.26. The Bertz CT molecular complexity index is 442. The van der Waals surface area contributed by atoms with Gasteiger partial charge in [-0.3, -0.25) is 4.79 Å². The van der Waals surface area contributed by atoms with E-state index in [1.54, 1.807) is 0 Å². The number of hydroxylamine groups is 1. The van der Waals surface area contributed by atoms with Crippen LogP contribution in [0.25, 0.3) is 0 Å². The maximum absolute atomic E-state index is 11.8. The van der Waals surface area contributed by atoms with Crippen molar-refractivity contribution < 1.29 is 28.7 Å². The summed E-state index contributed by atoms with van der Waals surface area (Å²) in [5.74, 6) is -1.40. The number of rotatable bonds is 9. The molecule has 0 aromatic rings. The first-order chi connectivity index (χ1) is 11.0. The second-order valence-electron chi connectivity index (χ2n) is 5.26. The van der Waals surface area contributed by atoms with E-state index >= 15 is 0 Å². The SMILES string of the molecule is C=CC(=O)OCC(ONC(=O)CC1CCCCC1)OC(=O)C=C. The molecule has 1 atom stereocenters. The quantitative estimate of drug-likeness (QED) is 0.301. The molecule has 0 heterocycles. The molecule has 1 rings (SSSR count). The molecule has 7 heteroatoms. The lowest BCUT2D eigenvalue weighted by molar-refractivity contribution is -0.207. The smallest absolute Gasteiger partial charge is 0.332 e. The first kappa shape index (κ1) is 18.9. The Balaban J connectivity index is 2.39. The van der Waals surface area contributed by atoms with Gasteiger partial charge in [0.1, 0.15) is 0 Å². The summed E-state index contributed by atoms with van der Waals surface area (Å²) in [4.78, 5) is 39.1. The molecule has 0 radical (unpaired) electrons. The molecule has 0 saturated heterocycles. The molecule has 0 bridgehead atoms. The molecule has 128 valence electrons. The molecule has 1 saturated carbocycles. The number of carbonyl (C=O) groups is 3. The topological polar surface area (TPSA) is 90.9 Å². The maximum atomic E-state index is 11.8. The van der Waals surface area contributed by atoms with Gasteiger partial charge in [-0.2, -0.15) is 0 Å². The van der Waals surface area contributed by atoms with Crippen molar-refractivity contribution >= 4 is 17.8 Å². The minimum Gasteiger partial charge on any atom is -0.456 e. The van der Waals surface area contributed by atoms with Gasteiger partial charge in [-0.1, -0.05) is 32.4 Å². The van der Waals surface area contributed by atoms with Crippen molar-refractivity contribution in [2.75, 3.05) is 6.61 Å².